The third kappa shape index (κ3) is 4.95. The summed E-state index contributed by atoms with van der Waals surface area (Å²) >= 11 is 0. The lowest BCUT2D eigenvalue weighted by molar-refractivity contribution is 0.445. The fourth-order valence-electron chi connectivity index (χ4n) is 4.03. The number of anilines is 3. The van der Waals surface area contributed by atoms with Crippen LogP contribution < -0.4 is 16.0 Å². The molecule has 2 aliphatic rings. The molecule has 1 saturated carbocycles. The highest BCUT2D eigenvalue weighted by Crippen LogP contribution is 2.27. The Balaban J connectivity index is 1.58. The molecule has 1 aromatic heterocycles. The first-order valence-corrected chi connectivity index (χ1v) is 10.1. The summed E-state index contributed by atoms with van der Waals surface area (Å²) in [6.45, 7) is 1.97. The van der Waals surface area contributed by atoms with Crippen molar-refractivity contribution in [3.8, 4) is 0 Å². The molecule has 0 radical (unpaired) electrons. The van der Waals surface area contributed by atoms with Crippen LogP contribution in [0.4, 0.5) is 21.7 Å². The van der Waals surface area contributed by atoms with Crippen molar-refractivity contribution < 1.29 is 4.39 Å². The first kappa shape index (κ1) is 18.2. The summed E-state index contributed by atoms with van der Waals surface area (Å²) < 4.78 is 13.5. The zero-order chi connectivity index (χ0) is 18.5. The lowest BCUT2D eigenvalue weighted by Crippen LogP contribution is -2.30. The molecule has 0 spiro atoms. The zero-order valence-corrected chi connectivity index (χ0v) is 15.7. The number of nitrogens with zero attached hydrogens (tertiary/aromatic N) is 2. The van der Waals surface area contributed by atoms with E-state index < -0.39 is 0 Å². The van der Waals surface area contributed by atoms with Gasteiger partial charge in [-0.25, -0.2) is 14.4 Å². The van der Waals surface area contributed by atoms with Crippen molar-refractivity contribution in [3.63, 3.8) is 0 Å². The minimum Gasteiger partial charge on any atom is -0.367 e. The predicted molar refractivity (Wildman–Crippen MR) is 107 cm³/mol. The van der Waals surface area contributed by atoms with Gasteiger partial charge >= 0.3 is 0 Å². The second kappa shape index (κ2) is 8.65. The third-order valence-corrected chi connectivity index (χ3v) is 5.46. The lowest BCUT2D eigenvalue weighted by atomic mass is 9.95. The van der Waals surface area contributed by atoms with E-state index in [0.29, 0.717) is 17.6 Å². The number of piperidine rings is 1. The van der Waals surface area contributed by atoms with Gasteiger partial charge in [0.1, 0.15) is 23.3 Å². The predicted octanol–water partition coefficient (Wildman–Crippen LogP) is 4.57. The summed E-state index contributed by atoms with van der Waals surface area (Å²) in [4.78, 5) is 9.58. The van der Waals surface area contributed by atoms with Gasteiger partial charge in [0.15, 0.2) is 0 Å². The highest BCUT2D eigenvalue weighted by atomic mass is 19.1. The van der Waals surface area contributed by atoms with Crippen LogP contribution in [0.5, 0.6) is 0 Å². The molecule has 0 amide bonds. The fraction of sp³-hybridized carbons (Fsp3) is 0.524. The van der Waals surface area contributed by atoms with E-state index in [4.69, 9.17) is 9.97 Å². The molecule has 4 rings (SSSR count). The molecule has 5 nitrogen and oxygen atoms in total. The Morgan fingerprint density at radius 3 is 2.59 bits per heavy atom. The molecule has 0 bridgehead atoms. The molecule has 1 atom stereocenters. The molecule has 2 heterocycles. The number of aromatic nitrogens is 2. The van der Waals surface area contributed by atoms with E-state index in [2.05, 4.69) is 16.0 Å². The molecular formula is C21H28FN5. The molecular weight excluding hydrogens is 341 g/mol. The van der Waals surface area contributed by atoms with Crippen LogP contribution in [0.15, 0.2) is 30.3 Å². The molecule has 1 saturated heterocycles. The highest BCUT2D eigenvalue weighted by molar-refractivity contribution is 5.59. The Hall–Kier alpha value is -2.21. The molecule has 2 fully saturated rings. The third-order valence-electron chi connectivity index (χ3n) is 5.46. The standard InChI is InChI=1S/C21H28FN5/c22-16-7-4-10-18(12-16)25-20-13-19(24-17-8-2-1-3-9-17)26-21(27-20)15-6-5-11-23-14-15/h4,7,10,12-13,15,17,23H,1-3,5-6,8-9,11,14H2,(H2,24,25,26,27). The Labute approximate surface area is 160 Å². The maximum Gasteiger partial charge on any atom is 0.137 e. The van der Waals surface area contributed by atoms with E-state index >= 15 is 0 Å². The average molecular weight is 369 g/mol. The summed E-state index contributed by atoms with van der Waals surface area (Å²) in [7, 11) is 0. The molecule has 2 aromatic rings. The molecule has 27 heavy (non-hydrogen) atoms. The summed E-state index contributed by atoms with van der Waals surface area (Å²) in [5.74, 6) is 2.51. The van der Waals surface area contributed by atoms with Gasteiger partial charge in [0.25, 0.3) is 0 Å². The van der Waals surface area contributed by atoms with Gasteiger partial charge in [-0.3, -0.25) is 0 Å². The van der Waals surface area contributed by atoms with Crippen LogP contribution in [0.1, 0.15) is 56.7 Å². The van der Waals surface area contributed by atoms with Crippen molar-refractivity contribution >= 4 is 17.3 Å². The normalized spacial score (nSPS) is 21.0. The highest BCUT2D eigenvalue weighted by Gasteiger charge is 2.21. The van der Waals surface area contributed by atoms with Gasteiger partial charge in [-0.1, -0.05) is 25.3 Å². The van der Waals surface area contributed by atoms with Gasteiger partial charge in [0.2, 0.25) is 0 Å². The van der Waals surface area contributed by atoms with Crippen LogP contribution in [0.25, 0.3) is 0 Å². The summed E-state index contributed by atoms with van der Waals surface area (Å²) in [6, 6.07) is 8.90. The monoisotopic (exact) mass is 369 g/mol. The Kier molecular flexibility index (Phi) is 5.82. The van der Waals surface area contributed by atoms with Crippen molar-refractivity contribution in [1.29, 1.82) is 0 Å². The molecule has 1 aliphatic heterocycles. The van der Waals surface area contributed by atoms with E-state index in [1.54, 1.807) is 6.07 Å². The van der Waals surface area contributed by atoms with Crippen LogP contribution in [-0.2, 0) is 0 Å². The lowest BCUT2D eigenvalue weighted by Gasteiger charge is -2.25. The number of rotatable bonds is 5. The van der Waals surface area contributed by atoms with Crippen LogP contribution in [-0.4, -0.2) is 29.1 Å². The van der Waals surface area contributed by atoms with Crippen LogP contribution in [0.3, 0.4) is 0 Å². The molecule has 1 unspecified atom stereocenters. The van der Waals surface area contributed by atoms with Crippen molar-refractivity contribution in [2.24, 2.45) is 0 Å². The molecule has 1 aromatic carbocycles. The van der Waals surface area contributed by atoms with Gasteiger partial charge in [0, 0.05) is 30.3 Å². The van der Waals surface area contributed by atoms with Crippen molar-refractivity contribution in [2.45, 2.75) is 56.9 Å². The molecule has 6 heteroatoms. The second-order valence-electron chi connectivity index (χ2n) is 7.65. The molecule has 3 N–H and O–H groups in total. The maximum atomic E-state index is 13.5. The van der Waals surface area contributed by atoms with Crippen molar-refractivity contribution in [2.75, 3.05) is 23.7 Å². The first-order valence-electron chi connectivity index (χ1n) is 10.1. The zero-order valence-electron chi connectivity index (χ0n) is 15.7. The minimum atomic E-state index is -0.258. The van der Waals surface area contributed by atoms with Crippen LogP contribution in [0.2, 0.25) is 0 Å². The quantitative estimate of drug-likeness (QED) is 0.721. The van der Waals surface area contributed by atoms with E-state index in [0.717, 1.165) is 43.4 Å². The first-order chi connectivity index (χ1) is 13.3. The van der Waals surface area contributed by atoms with Gasteiger partial charge in [-0.15, -0.1) is 0 Å². The Morgan fingerprint density at radius 1 is 0.963 bits per heavy atom. The number of benzene rings is 1. The fourth-order valence-corrected chi connectivity index (χ4v) is 4.03. The van der Waals surface area contributed by atoms with E-state index in [9.17, 15) is 4.39 Å². The number of halogens is 1. The van der Waals surface area contributed by atoms with Crippen LogP contribution >= 0.6 is 0 Å². The Bertz CT molecular complexity index is 754. The summed E-state index contributed by atoms with van der Waals surface area (Å²) in [5.41, 5.74) is 0.699. The van der Waals surface area contributed by atoms with Crippen molar-refractivity contribution in [3.05, 3.63) is 42.0 Å². The van der Waals surface area contributed by atoms with Gasteiger partial charge in [-0.05, 0) is 50.4 Å². The topological polar surface area (TPSA) is 61.9 Å². The largest absolute Gasteiger partial charge is 0.367 e. The van der Waals surface area contributed by atoms with Gasteiger partial charge in [-0.2, -0.15) is 0 Å². The molecule has 1 aliphatic carbocycles. The van der Waals surface area contributed by atoms with Gasteiger partial charge in [0.05, 0.1) is 0 Å². The summed E-state index contributed by atoms with van der Waals surface area (Å²) in [6.07, 6.45) is 8.49. The van der Waals surface area contributed by atoms with E-state index in [1.807, 2.05) is 12.1 Å². The minimum absolute atomic E-state index is 0.258. The SMILES string of the molecule is Fc1cccc(Nc2cc(NC3CCCCC3)nc(C3CCCNC3)n2)c1. The number of hydrogen-bond donors (Lipinski definition) is 3. The number of hydrogen-bond acceptors (Lipinski definition) is 5. The van der Waals surface area contributed by atoms with Gasteiger partial charge < -0.3 is 16.0 Å². The molecule has 144 valence electrons. The second-order valence-corrected chi connectivity index (χ2v) is 7.65. The summed E-state index contributed by atoms with van der Waals surface area (Å²) in [5, 5.41) is 10.3. The van der Waals surface area contributed by atoms with E-state index in [1.165, 1.54) is 44.2 Å². The average Bonchev–Trinajstić information content (AvgIpc) is 2.69. The maximum absolute atomic E-state index is 13.5. The van der Waals surface area contributed by atoms with E-state index in [-0.39, 0.29) is 5.82 Å². The smallest absolute Gasteiger partial charge is 0.137 e. The van der Waals surface area contributed by atoms with Crippen LogP contribution in [0, 0.1) is 5.82 Å². The Morgan fingerprint density at radius 2 is 1.81 bits per heavy atom. The number of nitrogens with one attached hydrogen (secondary N) is 3. The van der Waals surface area contributed by atoms with Crippen molar-refractivity contribution in [1.82, 2.24) is 15.3 Å².